The molecule has 0 aliphatic heterocycles. The Labute approximate surface area is 569 Å². The lowest BCUT2D eigenvalue weighted by Crippen LogP contribution is -2.45. The lowest BCUT2D eigenvalue weighted by atomic mass is 10.0. The van der Waals surface area contributed by atoms with Crippen molar-refractivity contribution in [1.82, 2.24) is 5.32 Å². The number of amides is 1. The molecule has 6 heteroatoms. The molecule has 0 aromatic rings. The molecule has 91 heavy (non-hydrogen) atoms. The second-order valence-electron chi connectivity index (χ2n) is 28.5. The molecule has 0 aliphatic carbocycles. The predicted molar refractivity (Wildman–Crippen MR) is 402 cm³/mol. The second kappa shape index (κ2) is 80.3. The average Bonchev–Trinajstić information content (AvgIpc) is 3.66. The Morgan fingerprint density at radius 2 is 0.560 bits per heavy atom. The van der Waals surface area contributed by atoms with E-state index >= 15 is 0 Å². The van der Waals surface area contributed by atoms with Gasteiger partial charge in [0.1, 0.15) is 0 Å². The van der Waals surface area contributed by atoms with E-state index in [4.69, 9.17) is 4.74 Å². The van der Waals surface area contributed by atoms with Gasteiger partial charge in [0.15, 0.2) is 0 Å². The molecule has 6 nitrogen and oxygen atoms in total. The Hall–Kier alpha value is -2.18. The van der Waals surface area contributed by atoms with Crippen molar-refractivity contribution in [3.05, 3.63) is 48.6 Å². The maximum Gasteiger partial charge on any atom is 0.305 e. The van der Waals surface area contributed by atoms with Crippen molar-refractivity contribution in [3.63, 3.8) is 0 Å². The fourth-order valence-corrected chi connectivity index (χ4v) is 13.0. The molecule has 0 saturated heterocycles. The average molecular weight is 1280 g/mol. The number of esters is 1. The third-order valence-corrected chi connectivity index (χ3v) is 19.4. The number of carbonyl (C=O) groups is 2. The summed E-state index contributed by atoms with van der Waals surface area (Å²) in [6.07, 6.45) is 107. The van der Waals surface area contributed by atoms with Crippen molar-refractivity contribution in [2.45, 2.75) is 469 Å². The van der Waals surface area contributed by atoms with Crippen LogP contribution in [-0.4, -0.2) is 47.4 Å². The highest BCUT2D eigenvalue weighted by Crippen LogP contribution is 2.20. The molecule has 0 aromatic carbocycles. The summed E-state index contributed by atoms with van der Waals surface area (Å²) < 4.78 is 5.49. The van der Waals surface area contributed by atoms with Gasteiger partial charge in [-0.1, -0.05) is 409 Å². The van der Waals surface area contributed by atoms with E-state index in [2.05, 4.69) is 67.8 Å². The van der Waals surface area contributed by atoms with Crippen LogP contribution in [0.4, 0.5) is 0 Å². The lowest BCUT2D eigenvalue weighted by molar-refractivity contribution is -0.143. The summed E-state index contributed by atoms with van der Waals surface area (Å²) >= 11 is 0. The summed E-state index contributed by atoms with van der Waals surface area (Å²) in [5.41, 5.74) is 0. The summed E-state index contributed by atoms with van der Waals surface area (Å²) in [5, 5.41) is 23.5. The van der Waals surface area contributed by atoms with E-state index in [1.807, 2.05) is 0 Å². The first-order valence-corrected chi connectivity index (χ1v) is 41.4. The molecule has 0 aromatic heterocycles. The van der Waals surface area contributed by atoms with Gasteiger partial charge in [0.05, 0.1) is 25.4 Å². The van der Waals surface area contributed by atoms with Crippen LogP contribution < -0.4 is 5.32 Å². The van der Waals surface area contributed by atoms with E-state index in [9.17, 15) is 19.8 Å². The molecule has 0 heterocycles. The van der Waals surface area contributed by atoms with E-state index < -0.39 is 12.1 Å². The minimum atomic E-state index is -0.664. The molecule has 0 fully saturated rings. The van der Waals surface area contributed by atoms with Crippen LogP contribution in [0.3, 0.4) is 0 Å². The molecule has 1 amide bonds. The molecular formula is C85H161NO5. The number of rotatable bonds is 78. The summed E-state index contributed by atoms with van der Waals surface area (Å²) in [7, 11) is 0. The van der Waals surface area contributed by atoms with Gasteiger partial charge < -0.3 is 20.3 Å². The number of ether oxygens (including phenoxy) is 1. The molecule has 0 saturated carbocycles. The lowest BCUT2D eigenvalue weighted by Gasteiger charge is -2.22. The summed E-state index contributed by atoms with van der Waals surface area (Å²) in [6, 6.07) is -0.541. The number of aliphatic hydroxyl groups excluding tert-OH is 2. The van der Waals surface area contributed by atoms with E-state index in [-0.39, 0.29) is 18.5 Å². The molecule has 0 rings (SSSR count). The van der Waals surface area contributed by atoms with Gasteiger partial charge >= 0.3 is 5.97 Å². The zero-order valence-electron chi connectivity index (χ0n) is 61.6. The van der Waals surface area contributed by atoms with Gasteiger partial charge in [0.25, 0.3) is 0 Å². The molecule has 0 spiro atoms. The Kier molecular flexibility index (Phi) is 78.3. The maximum atomic E-state index is 12.6. The van der Waals surface area contributed by atoms with Crippen LogP contribution >= 0.6 is 0 Å². The molecule has 536 valence electrons. The second-order valence-corrected chi connectivity index (χ2v) is 28.5. The van der Waals surface area contributed by atoms with Crippen LogP contribution in [0.2, 0.25) is 0 Å². The molecular weight excluding hydrogens is 1110 g/mol. The first kappa shape index (κ1) is 88.8. The first-order valence-electron chi connectivity index (χ1n) is 41.4. The smallest absolute Gasteiger partial charge is 0.305 e. The van der Waals surface area contributed by atoms with Crippen molar-refractivity contribution in [2.75, 3.05) is 13.2 Å². The number of unbranched alkanes of at least 4 members (excludes halogenated alkanes) is 59. The van der Waals surface area contributed by atoms with Crippen LogP contribution in [0.15, 0.2) is 48.6 Å². The van der Waals surface area contributed by atoms with Crippen LogP contribution in [0.1, 0.15) is 457 Å². The van der Waals surface area contributed by atoms with Gasteiger partial charge in [0, 0.05) is 12.8 Å². The molecule has 0 aliphatic rings. The highest BCUT2D eigenvalue weighted by Gasteiger charge is 2.20. The Balaban J connectivity index is 3.36. The van der Waals surface area contributed by atoms with E-state index in [0.717, 1.165) is 57.8 Å². The maximum absolute atomic E-state index is 12.6. The summed E-state index contributed by atoms with van der Waals surface area (Å²) in [5.74, 6) is -0.0209. The molecule has 2 atom stereocenters. The van der Waals surface area contributed by atoms with Crippen LogP contribution in [0.5, 0.6) is 0 Å². The SMILES string of the molecule is CCCC/C=C\C/C=C\CCCCCCCC(=O)OCCCCCCCCCCCCCCCCC/C=C\C/C=C\CCCCCCCCCCCCCCCCCCCC(=O)NC(CO)C(O)CCCCCCCCCCCCCCCCCCCCCCC. The van der Waals surface area contributed by atoms with Gasteiger partial charge in [-0.25, -0.2) is 0 Å². The molecule has 2 unspecified atom stereocenters. The van der Waals surface area contributed by atoms with Gasteiger partial charge in [-0.05, 0) is 83.5 Å². The van der Waals surface area contributed by atoms with Gasteiger partial charge in [-0.3, -0.25) is 9.59 Å². The van der Waals surface area contributed by atoms with Crippen molar-refractivity contribution in [1.29, 1.82) is 0 Å². The third kappa shape index (κ3) is 76.7. The Morgan fingerprint density at radius 3 is 0.868 bits per heavy atom. The third-order valence-electron chi connectivity index (χ3n) is 19.4. The number of hydrogen-bond donors (Lipinski definition) is 3. The van der Waals surface area contributed by atoms with Gasteiger partial charge in [-0.15, -0.1) is 0 Å². The number of nitrogens with one attached hydrogen (secondary N) is 1. The first-order chi connectivity index (χ1) is 45.0. The summed E-state index contributed by atoms with van der Waals surface area (Å²) in [4.78, 5) is 24.6. The Morgan fingerprint density at radius 1 is 0.308 bits per heavy atom. The zero-order valence-corrected chi connectivity index (χ0v) is 61.6. The molecule has 3 N–H and O–H groups in total. The number of carbonyl (C=O) groups excluding carboxylic acids is 2. The predicted octanol–water partition coefficient (Wildman–Crippen LogP) is 27.5. The van der Waals surface area contributed by atoms with Crippen LogP contribution in [0.25, 0.3) is 0 Å². The largest absolute Gasteiger partial charge is 0.466 e. The van der Waals surface area contributed by atoms with E-state index in [0.29, 0.717) is 25.9 Å². The van der Waals surface area contributed by atoms with Crippen molar-refractivity contribution in [2.24, 2.45) is 0 Å². The Bertz CT molecular complexity index is 1520. The van der Waals surface area contributed by atoms with Crippen LogP contribution in [0, 0.1) is 0 Å². The topological polar surface area (TPSA) is 95.9 Å². The monoisotopic (exact) mass is 1280 g/mol. The molecule has 0 radical (unpaired) electrons. The molecule has 0 bridgehead atoms. The fraction of sp³-hybridized carbons (Fsp3) is 0.882. The van der Waals surface area contributed by atoms with Crippen LogP contribution in [-0.2, 0) is 14.3 Å². The van der Waals surface area contributed by atoms with E-state index in [1.54, 1.807) is 0 Å². The quantitative estimate of drug-likeness (QED) is 0.0320. The highest BCUT2D eigenvalue weighted by atomic mass is 16.5. The zero-order chi connectivity index (χ0) is 65.6. The van der Waals surface area contributed by atoms with Gasteiger partial charge in [0.2, 0.25) is 5.91 Å². The normalized spacial score (nSPS) is 12.7. The van der Waals surface area contributed by atoms with Crippen molar-refractivity contribution >= 4 is 11.9 Å². The number of aliphatic hydroxyl groups is 2. The fourth-order valence-electron chi connectivity index (χ4n) is 13.0. The minimum absolute atomic E-state index is 0.00605. The van der Waals surface area contributed by atoms with Crippen molar-refractivity contribution in [3.8, 4) is 0 Å². The number of hydrogen-bond acceptors (Lipinski definition) is 5. The standard InChI is InChI=1S/C85H161NO5/c1-3-5-7-9-11-13-15-17-19-20-21-41-44-47-50-53-57-61-65-69-73-77-83(88)82(81-87)86-84(89)78-74-70-66-62-58-54-51-48-45-42-39-37-35-33-31-29-27-25-23-22-24-26-28-30-32-34-36-38-40-43-46-49-52-56-60-64-68-72-76-80-91-85(90)79-75-71-67-63-59-55-18-16-14-12-10-8-6-4-2/h10,12,16,18,22-23,26,28,82-83,87-88H,3-9,11,13-15,17,19-21,24-25,27,29-81H2,1-2H3,(H,86,89)/b12-10-,18-16-,23-22-,28-26-. The highest BCUT2D eigenvalue weighted by molar-refractivity contribution is 5.76. The van der Waals surface area contributed by atoms with Crippen molar-refractivity contribution < 1.29 is 24.5 Å². The summed E-state index contributed by atoms with van der Waals surface area (Å²) in [6.45, 7) is 4.95. The minimum Gasteiger partial charge on any atom is -0.466 e. The van der Waals surface area contributed by atoms with Gasteiger partial charge in [-0.2, -0.15) is 0 Å². The van der Waals surface area contributed by atoms with E-state index in [1.165, 1.54) is 366 Å². The number of allylic oxidation sites excluding steroid dienone is 8.